The van der Waals surface area contributed by atoms with E-state index in [4.69, 9.17) is 18.9 Å². The Morgan fingerprint density at radius 2 is 1.87 bits per heavy atom. The number of fused-ring (bicyclic) bond motifs is 2. The van der Waals surface area contributed by atoms with Gasteiger partial charge in [-0.1, -0.05) is 18.2 Å². The van der Waals surface area contributed by atoms with Gasteiger partial charge in [0.15, 0.2) is 11.9 Å². The Bertz CT molecular complexity index is 1790. The summed E-state index contributed by atoms with van der Waals surface area (Å²) in [5.74, 6) is 0.339. The predicted molar refractivity (Wildman–Crippen MR) is 149 cm³/mol. The fourth-order valence-electron chi connectivity index (χ4n) is 4.08. The minimum atomic E-state index is -1.11. The van der Waals surface area contributed by atoms with E-state index in [2.05, 4.69) is 5.10 Å². The lowest BCUT2D eigenvalue weighted by molar-refractivity contribution is -0.144. The number of rotatable bonds is 8. The molecule has 3 aromatic carbocycles. The molecule has 0 amide bonds. The monoisotopic (exact) mass is 526 g/mol. The van der Waals surface area contributed by atoms with Gasteiger partial charge in [0, 0.05) is 31.4 Å². The van der Waals surface area contributed by atoms with Gasteiger partial charge < -0.3 is 23.9 Å². The van der Waals surface area contributed by atoms with Crippen LogP contribution in [0.4, 0.5) is 5.69 Å². The first-order valence-electron chi connectivity index (χ1n) is 12.1. The van der Waals surface area contributed by atoms with Crippen molar-refractivity contribution in [2.75, 3.05) is 26.1 Å². The molecule has 5 rings (SSSR count). The number of furan rings is 1. The normalized spacial score (nSPS) is 12.2. The van der Waals surface area contributed by atoms with E-state index in [9.17, 15) is 14.7 Å². The first-order valence-corrected chi connectivity index (χ1v) is 12.1. The highest BCUT2D eigenvalue weighted by Crippen LogP contribution is 2.33. The van der Waals surface area contributed by atoms with E-state index in [1.165, 1.54) is 13.1 Å². The molecule has 5 aromatic rings. The highest BCUT2D eigenvalue weighted by Gasteiger charge is 2.19. The molecule has 10 nitrogen and oxygen atoms in total. The van der Waals surface area contributed by atoms with Crippen LogP contribution < -0.4 is 19.9 Å². The van der Waals surface area contributed by atoms with E-state index >= 15 is 0 Å². The molecule has 0 saturated heterocycles. The van der Waals surface area contributed by atoms with Crippen molar-refractivity contribution in [2.24, 2.45) is 5.10 Å². The van der Waals surface area contributed by atoms with E-state index in [0.717, 1.165) is 15.7 Å². The van der Waals surface area contributed by atoms with Gasteiger partial charge in [-0.2, -0.15) is 9.78 Å². The molecule has 0 aliphatic rings. The average molecular weight is 527 g/mol. The topological polar surface area (TPSA) is 119 Å². The van der Waals surface area contributed by atoms with Crippen molar-refractivity contribution in [3.8, 4) is 23.1 Å². The number of carboxylic acid groups (broad SMARTS) is 1. The Morgan fingerprint density at radius 1 is 1.08 bits per heavy atom. The van der Waals surface area contributed by atoms with Gasteiger partial charge in [0.1, 0.15) is 17.1 Å². The summed E-state index contributed by atoms with van der Waals surface area (Å²) in [5.41, 5.74) is 1.95. The van der Waals surface area contributed by atoms with Crippen molar-refractivity contribution in [1.29, 1.82) is 0 Å². The molecule has 0 saturated carbocycles. The molecule has 2 aromatic heterocycles. The molecular weight excluding hydrogens is 500 g/mol. The van der Waals surface area contributed by atoms with Crippen LogP contribution in [0.1, 0.15) is 12.5 Å². The lowest BCUT2D eigenvalue weighted by Gasteiger charge is -2.17. The number of hydrogen-bond acceptors (Lipinski definition) is 8. The zero-order valence-electron chi connectivity index (χ0n) is 21.8. The van der Waals surface area contributed by atoms with E-state index in [1.807, 2.05) is 37.2 Å². The minimum Gasteiger partial charge on any atom is -0.496 e. The molecule has 1 atom stereocenters. The third kappa shape index (κ3) is 4.91. The number of carbonyl (C=O) groups is 1. The van der Waals surface area contributed by atoms with Crippen LogP contribution in [0.15, 0.2) is 81.0 Å². The Kier molecular flexibility index (Phi) is 6.76. The molecule has 198 valence electrons. The van der Waals surface area contributed by atoms with Gasteiger partial charge in [0.05, 0.1) is 29.6 Å². The predicted octanol–water partition coefficient (Wildman–Crippen LogP) is 4.62. The standard InChI is InChI=1S/C29H26N4O6/c1-17(29(35)36)38-25-14-19(32(2)3)13-12-18(25)16-30-33-27(31-22-9-6-5-8-20(22)28(33)34)26-15-21-23(37-4)10-7-11-24(21)39-26/h5-17H,1-4H3,(H,35,36)/t17-/m0/s1. The molecule has 0 radical (unpaired) electrons. The highest BCUT2D eigenvalue weighted by atomic mass is 16.5. The number of nitrogens with zero attached hydrogens (tertiary/aromatic N) is 4. The number of ether oxygens (including phenoxy) is 2. The van der Waals surface area contributed by atoms with Gasteiger partial charge >= 0.3 is 5.97 Å². The minimum absolute atomic E-state index is 0.194. The van der Waals surface area contributed by atoms with Crippen LogP contribution in [0.5, 0.6) is 11.5 Å². The van der Waals surface area contributed by atoms with Gasteiger partial charge in [-0.25, -0.2) is 9.78 Å². The van der Waals surface area contributed by atoms with Gasteiger partial charge in [-0.15, -0.1) is 0 Å². The zero-order chi connectivity index (χ0) is 27.7. The SMILES string of the molecule is COc1cccc2oc(-c3nc4ccccc4c(=O)n3N=Cc3ccc(N(C)C)cc3O[C@@H](C)C(=O)O)cc12. The van der Waals surface area contributed by atoms with Crippen LogP contribution in [0.25, 0.3) is 33.5 Å². The molecule has 39 heavy (non-hydrogen) atoms. The lowest BCUT2D eigenvalue weighted by atomic mass is 10.2. The summed E-state index contributed by atoms with van der Waals surface area (Å²) in [6.07, 6.45) is 0.342. The molecule has 0 aliphatic carbocycles. The van der Waals surface area contributed by atoms with Crippen LogP contribution in [0.3, 0.4) is 0 Å². The molecule has 2 heterocycles. The summed E-state index contributed by atoms with van der Waals surface area (Å²) < 4.78 is 18.4. The molecule has 0 fully saturated rings. The summed E-state index contributed by atoms with van der Waals surface area (Å²) in [4.78, 5) is 31.6. The molecule has 0 unspecified atom stereocenters. The van der Waals surface area contributed by atoms with Gasteiger partial charge in [-0.3, -0.25) is 4.79 Å². The smallest absolute Gasteiger partial charge is 0.344 e. The number of methoxy groups -OCH3 is 1. The number of hydrogen-bond donors (Lipinski definition) is 1. The number of anilines is 1. The zero-order valence-corrected chi connectivity index (χ0v) is 21.8. The molecular formula is C29H26N4O6. The summed E-state index contributed by atoms with van der Waals surface area (Å²) in [6.45, 7) is 1.44. The maximum Gasteiger partial charge on any atom is 0.344 e. The maximum atomic E-state index is 13.6. The van der Waals surface area contributed by atoms with Crippen molar-refractivity contribution in [1.82, 2.24) is 9.66 Å². The molecule has 10 heteroatoms. The van der Waals surface area contributed by atoms with E-state index in [-0.39, 0.29) is 5.82 Å². The van der Waals surface area contributed by atoms with Crippen molar-refractivity contribution in [2.45, 2.75) is 13.0 Å². The Hall–Kier alpha value is -5.12. The van der Waals surface area contributed by atoms with Crippen molar-refractivity contribution >= 4 is 39.7 Å². The second kappa shape index (κ2) is 10.3. The van der Waals surface area contributed by atoms with Crippen molar-refractivity contribution in [3.05, 3.63) is 82.6 Å². The van der Waals surface area contributed by atoms with Crippen LogP contribution in [-0.2, 0) is 4.79 Å². The average Bonchev–Trinajstić information content (AvgIpc) is 3.37. The first kappa shape index (κ1) is 25.5. The molecule has 0 spiro atoms. The largest absolute Gasteiger partial charge is 0.496 e. The number of aromatic nitrogens is 2. The summed E-state index contributed by atoms with van der Waals surface area (Å²) in [7, 11) is 5.30. The fourth-order valence-corrected chi connectivity index (χ4v) is 4.08. The Labute approximate surface area is 223 Å². The van der Waals surface area contributed by atoms with Crippen molar-refractivity contribution < 1.29 is 23.8 Å². The number of carboxylic acids is 1. The van der Waals surface area contributed by atoms with Crippen molar-refractivity contribution in [3.63, 3.8) is 0 Å². The van der Waals surface area contributed by atoms with Gasteiger partial charge in [0.25, 0.3) is 5.56 Å². The lowest BCUT2D eigenvalue weighted by Crippen LogP contribution is -2.24. The van der Waals surface area contributed by atoms with Crippen LogP contribution in [0.2, 0.25) is 0 Å². The van der Waals surface area contributed by atoms with Crippen LogP contribution >= 0.6 is 0 Å². The number of aliphatic carboxylic acids is 1. The third-order valence-electron chi connectivity index (χ3n) is 6.19. The third-order valence-corrected chi connectivity index (χ3v) is 6.19. The molecule has 0 bridgehead atoms. The fraction of sp³-hybridized carbons (Fsp3) is 0.172. The molecule has 1 N–H and O–H groups in total. The Balaban J connectivity index is 1.68. The second-order valence-corrected chi connectivity index (χ2v) is 9.01. The van der Waals surface area contributed by atoms with Crippen LogP contribution in [-0.4, -0.2) is 54.3 Å². The Morgan fingerprint density at radius 3 is 2.62 bits per heavy atom. The van der Waals surface area contributed by atoms with Gasteiger partial charge in [0.2, 0.25) is 5.82 Å². The van der Waals surface area contributed by atoms with E-state index < -0.39 is 17.6 Å². The van der Waals surface area contributed by atoms with Crippen LogP contribution in [0, 0.1) is 0 Å². The number of para-hydroxylation sites is 1. The second-order valence-electron chi connectivity index (χ2n) is 9.01. The highest BCUT2D eigenvalue weighted by molar-refractivity contribution is 5.89. The van der Waals surface area contributed by atoms with E-state index in [0.29, 0.717) is 39.3 Å². The van der Waals surface area contributed by atoms with Gasteiger partial charge in [-0.05, 0) is 49.4 Å². The summed E-state index contributed by atoms with van der Waals surface area (Å²) in [6, 6.07) is 19.5. The summed E-state index contributed by atoms with van der Waals surface area (Å²) >= 11 is 0. The maximum absolute atomic E-state index is 13.6. The first-order chi connectivity index (χ1) is 18.8. The summed E-state index contributed by atoms with van der Waals surface area (Å²) in [5, 5.41) is 15.0. The van der Waals surface area contributed by atoms with E-state index in [1.54, 1.807) is 55.6 Å². The quantitative estimate of drug-likeness (QED) is 0.291. The number of benzene rings is 3. The molecule has 0 aliphatic heterocycles.